The summed E-state index contributed by atoms with van der Waals surface area (Å²) in [5, 5.41) is 18.1. The molecule has 3 N–H and O–H groups in total. The van der Waals surface area contributed by atoms with Crippen LogP contribution >= 0.6 is 0 Å². The number of aromatic nitrogens is 4. The minimum absolute atomic E-state index is 0.0499. The van der Waals surface area contributed by atoms with Crippen LogP contribution in [-0.2, 0) is 14.3 Å². The first-order valence-electron chi connectivity index (χ1n) is 12.3. The number of hydrogen-bond donors (Lipinski definition) is 3. The minimum Gasteiger partial charge on any atom is -0.377 e. The predicted octanol–water partition coefficient (Wildman–Crippen LogP) is 2.87. The first-order valence-corrected chi connectivity index (χ1v) is 12.3. The molecule has 3 fully saturated rings. The molecule has 37 heavy (non-hydrogen) atoms. The summed E-state index contributed by atoms with van der Waals surface area (Å²) in [5.74, 6) is 1.13. The van der Waals surface area contributed by atoms with Crippen LogP contribution in [0.5, 0.6) is 0 Å². The third kappa shape index (κ3) is 4.31. The molecule has 3 atom stereocenters. The molecule has 6 heterocycles. The highest BCUT2D eigenvalue weighted by molar-refractivity contribution is 5.98. The number of anilines is 4. The molecule has 3 aromatic rings. The molecule has 0 radical (unpaired) electrons. The second kappa shape index (κ2) is 9.52. The molecule has 192 valence electrons. The van der Waals surface area contributed by atoms with Gasteiger partial charge in [-0.2, -0.15) is 5.10 Å². The minimum atomic E-state index is -0.542. The van der Waals surface area contributed by atoms with Gasteiger partial charge in [-0.15, -0.1) is 0 Å². The molecule has 3 aliphatic rings. The van der Waals surface area contributed by atoms with Gasteiger partial charge in [-0.05, 0) is 25.8 Å². The zero-order chi connectivity index (χ0) is 25.5. The van der Waals surface area contributed by atoms with E-state index in [1.54, 1.807) is 18.3 Å². The van der Waals surface area contributed by atoms with Crippen molar-refractivity contribution in [1.82, 2.24) is 20.2 Å². The largest absolute Gasteiger partial charge is 0.377 e. The third-order valence-electron chi connectivity index (χ3n) is 7.05. The normalized spacial score (nSPS) is 23.4. The van der Waals surface area contributed by atoms with Gasteiger partial charge < -0.3 is 25.1 Å². The Morgan fingerprint density at radius 1 is 1.27 bits per heavy atom. The molecular formula is C25H27FN8O3. The summed E-state index contributed by atoms with van der Waals surface area (Å²) in [4.78, 5) is 25.6. The van der Waals surface area contributed by atoms with E-state index in [1.165, 1.54) is 17.2 Å². The van der Waals surface area contributed by atoms with Crippen LogP contribution in [0.25, 0.3) is 11.1 Å². The smallest absolute Gasteiger partial charge is 0.257 e. The number of carbonyl (C=O) groups is 1. The molecule has 12 heteroatoms. The molecule has 1 amide bonds. The number of carbonyl (C=O) groups excluding carboxylic acids is 1. The van der Waals surface area contributed by atoms with E-state index in [4.69, 9.17) is 19.9 Å². The Labute approximate surface area is 212 Å². The van der Waals surface area contributed by atoms with Crippen molar-refractivity contribution in [2.75, 3.05) is 41.4 Å². The number of aromatic amines is 1. The van der Waals surface area contributed by atoms with Crippen LogP contribution < -0.4 is 15.1 Å². The third-order valence-corrected chi connectivity index (χ3v) is 7.05. The van der Waals surface area contributed by atoms with Crippen LogP contribution in [-0.4, -0.2) is 76.8 Å². The Balaban J connectivity index is 1.42. The predicted molar refractivity (Wildman–Crippen MR) is 135 cm³/mol. The molecule has 2 bridgehead atoms. The number of nitrogens with one attached hydrogen (secondary N) is 3. The fraction of sp³-hybridized carbons (Fsp3) is 0.400. The zero-order valence-corrected chi connectivity index (χ0v) is 20.3. The maximum atomic E-state index is 15.7. The SMILES string of the molecule is C[C@@H]1COCCN1c1cc(-c2cnc(N3CC4CCC(O4)C3=O)cc2F)c(C=N)c(Nc2ccn[nH]2)n1. The van der Waals surface area contributed by atoms with Gasteiger partial charge in [0.25, 0.3) is 5.91 Å². The number of morpholine rings is 2. The zero-order valence-electron chi connectivity index (χ0n) is 20.3. The van der Waals surface area contributed by atoms with E-state index in [0.717, 1.165) is 12.6 Å². The van der Waals surface area contributed by atoms with Crippen LogP contribution in [0.2, 0.25) is 0 Å². The van der Waals surface area contributed by atoms with E-state index in [9.17, 15) is 4.79 Å². The fourth-order valence-corrected chi connectivity index (χ4v) is 5.14. The molecule has 3 aliphatic heterocycles. The first kappa shape index (κ1) is 23.5. The standard InChI is InChI=1S/C25H27FN8O3/c1-14-13-36-7-6-33(14)23-8-16(17(10-27)24(31-23)30-21-4-5-29-32-21)18-11-28-22(9-19(18)26)34-12-15-2-3-20(37-15)25(34)35/h4-5,8-11,14-15,20,27H,2-3,6-7,12-13H2,1H3,(H2,29,30,31,32)/t14-,15?,20?/m1/s1. The second-order valence-electron chi connectivity index (χ2n) is 9.44. The average Bonchev–Trinajstić information content (AvgIpc) is 3.56. The molecule has 0 aromatic carbocycles. The van der Waals surface area contributed by atoms with Crippen molar-refractivity contribution < 1.29 is 18.7 Å². The quantitative estimate of drug-likeness (QED) is 0.435. The average molecular weight is 507 g/mol. The number of hydrogen-bond acceptors (Lipinski definition) is 9. The van der Waals surface area contributed by atoms with Crippen molar-refractivity contribution in [2.45, 2.75) is 38.0 Å². The number of nitrogens with zero attached hydrogens (tertiary/aromatic N) is 5. The van der Waals surface area contributed by atoms with Crippen LogP contribution in [0.1, 0.15) is 25.3 Å². The van der Waals surface area contributed by atoms with Gasteiger partial charge in [0, 0.05) is 47.8 Å². The molecule has 2 unspecified atom stereocenters. The van der Waals surface area contributed by atoms with Crippen LogP contribution in [0, 0.1) is 11.2 Å². The molecule has 0 aliphatic carbocycles. The summed E-state index contributed by atoms with van der Waals surface area (Å²) in [5.41, 5.74) is 1.07. The number of halogens is 1. The summed E-state index contributed by atoms with van der Waals surface area (Å²) in [6, 6.07) is 4.86. The lowest BCUT2D eigenvalue weighted by Crippen LogP contribution is -2.48. The summed E-state index contributed by atoms with van der Waals surface area (Å²) < 4.78 is 27.0. The van der Waals surface area contributed by atoms with Crippen molar-refractivity contribution in [3.63, 3.8) is 0 Å². The Morgan fingerprint density at radius 3 is 2.92 bits per heavy atom. The maximum absolute atomic E-state index is 15.7. The van der Waals surface area contributed by atoms with Gasteiger partial charge in [-0.3, -0.25) is 14.8 Å². The van der Waals surface area contributed by atoms with Crippen molar-refractivity contribution in [1.29, 1.82) is 5.41 Å². The van der Waals surface area contributed by atoms with E-state index >= 15 is 4.39 Å². The highest BCUT2D eigenvalue weighted by Gasteiger charge is 2.41. The number of rotatable bonds is 6. The Kier molecular flexibility index (Phi) is 6.05. The topological polar surface area (TPSA) is 132 Å². The van der Waals surface area contributed by atoms with Crippen LogP contribution in [0.4, 0.5) is 27.7 Å². The highest BCUT2D eigenvalue weighted by Crippen LogP contribution is 2.36. The maximum Gasteiger partial charge on any atom is 0.257 e. The number of pyridine rings is 2. The summed E-state index contributed by atoms with van der Waals surface area (Å²) in [6.07, 6.45) is 5.11. The van der Waals surface area contributed by atoms with Gasteiger partial charge in [0.2, 0.25) is 0 Å². The molecule has 0 saturated carbocycles. The fourth-order valence-electron chi connectivity index (χ4n) is 5.14. The second-order valence-corrected chi connectivity index (χ2v) is 9.44. The lowest BCUT2D eigenvalue weighted by Gasteiger charge is -2.35. The number of H-pyrrole nitrogens is 1. The van der Waals surface area contributed by atoms with Gasteiger partial charge in [0.15, 0.2) is 0 Å². The number of ether oxygens (including phenoxy) is 2. The van der Waals surface area contributed by atoms with Gasteiger partial charge >= 0.3 is 0 Å². The summed E-state index contributed by atoms with van der Waals surface area (Å²) in [6.45, 7) is 4.13. The van der Waals surface area contributed by atoms with Gasteiger partial charge in [0.05, 0.1) is 38.1 Å². The van der Waals surface area contributed by atoms with E-state index in [0.29, 0.717) is 61.3 Å². The van der Waals surface area contributed by atoms with Gasteiger partial charge in [0.1, 0.15) is 35.2 Å². The van der Waals surface area contributed by atoms with Crippen LogP contribution in [0.3, 0.4) is 0 Å². The molecular weight excluding hydrogens is 479 g/mol. The lowest BCUT2D eigenvalue weighted by molar-refractivity contribution is -0.133. The van der Waals surface area contributed by atoms with E-state index < -0.39 is 11.9 Å². The number of fused-ring (bicyclic) bond motifs is 2. The molecule has 3 saturated heterocycles. The van der Waals surface area contributed by atoms with E-state index in [-0.39, 0.29) is 29.4 Å². The highest BCUT2D eigenvalue weighted by atomic mass is 19.1. The Morgan fingerprint density at radius 2 is 2.16 bits per heavy atom. The first-order chi connectivity index (χ1) is 18.0. The molecule has 6 rings (SSSR count). The van der Waals surface area contributed by atoms with E-state index in [2.05, 4.69) is 25.4 Å². The monoisotopic (exact) mass is 506 g/mol. The van der Waals surface area contributed by atoms with Crippen molar-refractivity contribution in [3.05, 3.63) is 42.0 Å². The molecule has 0 spiro atoms. The van der Waals surface area contributed by atoms with Gasteiger partial charge in [-0.25, -0.2) is 14.4 Å². The lowest BCUT2D eigenvalue weighted by atomic mass is 10.0. The summed E-state index contributed by atoms with van der Waals surface area (Å²) >= 11 is 0. The van der Waals surface area contributed by atoms with Crippen molar-refractivity contribution in [3.8, 4) is 11.1 Å². The molecule has 11 nitrogen and oxygen atoms in total. The van der Waals surface area contributed by atoms with Crippen molar-refractivity contribution in [2.24, 2.45) is 0 Å². The van der Waals surface area contributed by atoms with Crippen molar-refractivity contribution >= 4 is 35.4 Å². The molecule has 3 aromatic heterocycles. The number of amides is 1. The Bertz CT molecular complexity index is 1330. The van der Waals surface area contributed by atoms with Crippen LogP contribution in [0.15, 0.2) is 30.6 Å². The Hall–Kier alpha value is -3.90. The van der Waals surface area contributed by atoms with E-state index in [1.807, 2.05) is 6.92 Å². The van der Waals surface area contributed by atoms with Gasteiger partial charge in [-0.1, -0.05) is 0 Å². The summed E-state index contributed by atoms with van der Waals surface area (Å²) in [7, 11) is 0.